The molecule has 5 unspecified atom stereocenters. The quantitative estimate of drug-likeness (QED) is 0.0870. The number of anilines is 4. The fraction of sp³-hybridized carbons (Fsp3) is 0.583. The van der Waals surface area contributed by atoms with Crippen LogP contribution in [0.5, 0.6) is 0 Å². The third kappa shape index (κ3) is 9.95. The summed E-state index contributed by atoms with van der Waals surface area (Å²) in [4.78, 5) is 15.9. The molecule has 10 atom stereocenters. The van der Waals surface area contributed by atoms with E-state index in [9.17, 15) is 18.6 Å². The Morgan fingerprint density at radius 1 is 0.873 bits per heavy atom. The number of piperidine rings is 1. The van der Waals surface area contributed by atoms with Gasteiger partial charge in [-0.1, -0.05) is 50.9 Å². The standard InChI is InChI=1S/C26H45NO2.C12H13ClN4.C10H10N4O2S/c1-24-13-11-18(28)16-17(24)7-8-19-20-9-10-22(25(20,2)14-12-21(19)24)26(3,29)23-6-4-5-15-27-23;1-2-9-10(11(14)17-12(15)16-9)7-3-5-8(13)6-4-7;11-8-2-4-9(5-3-8)17(15,16)14-10-12-6-1-7-13-10/h17-23,27-29H,4-16H2,1-3H3;3-6H,2H2,1H3,(H4,14,15,16,17);1-7H,11H2,(H,12,13,14)/t17-,18-,19?,20?,21?,22?,23?,24-,25-,26+;;/m0../s1. The predicted molar refractivity (Wildman–Crippen MR) is 252 cm³/mol. The summed E-state index contributed by atoms with van der Waals surface area (Å²) >= 11 is 5.86. The summed E-state index contributed by atoms with van der Waals surface area (Å²) in [6.07, 6.45) is 18.5. The van der Waals surface area contributed by atoms with Crippen molar-refractivity contribution in [3.8, 4) is 11.1 Å². The van der Waals surface area contributed by atoms with Crippen molar-refractivity contribution in [1.82, 2.24) is 25.3 Å². The number of nitrogen functional groups attached to an aromatic ring is 3. The number of aryl methyl sites for hydroxylation is 1. The van der Waals surface area contributed by atoms with Crippen LogP contribution in [0.2, 0.25) is 5.02 Å². The highest BCUT2D eigenvalue weighted by atomic mass is 35.5. The summed E-state index contributed by atoms with van der Waals surface area (Å²) in [6.45, 7) is 10.4. The molecule has 0 radical (unpaired) electrons. The van der Waals surface area contributed by atoms with Gasteiger partial charge in [0.2, 0.25) is 11.9 Å². The first kappa shape index (κ1) is 46.9. The zero-order chi connectivity index (χ0) is 45.2. The Labute approximate surface area is 378 Å². The molecule has 0 bridgehead atoms. The minimum absolute atomic E-state index is 0.0318. The van der Waals surface area contributed by atoms with Gasteiger partial charge in [-0.15, -0.1) is 0 Å². The average molecular weight is 903 g/mol. The number of nitrogens with two attached hydrogens (primary N) is 3. The zero-order valence-electron chi connectivity index (χ0n) is 37.3. The minimum Gasteiger partial charge on any atom is -0.399 e. The molecule has 15 heteroatoms. The Bertz CT molecular complexity index is 2260. The molecular formula is C48H68ClN9O4S. The Kier molecular flexibility index (Phi) is 14.3. The van der Waals surface area contributed by atoms with Gasteiger partial charge in [0.05, 0.1) is 22.3 Å². The third-order valence-corrected chi connectivity index (χ3v) is 17.4. The maximum atomic E-state index is 11.9. The Balaban J connectivity index is 0.000000151. The van der Waals surface area contributed by atoms with Crippen molar-refractivity contribution < 1.29 is 18.6 Å². The number of aliphatic hydroxyl groups is 2. The van der Waals surface area contributed by atoms with Gasteiger partial charge in [-0.05, 0) is 179 Å². The number of nitrogens with one attached hydrogen (secondary N) is 2. The molecule has 5 fully saturated rings. The van der Waals surface area contributed by atoms with E-state index in [-0.39, 0.29) is 28.9 Å². The summed E-state index contributed by atoms with van der Waals surface area (Å²) in [7, 11) is -3.66. The smallest absolute Gasteiger partial charge is 0.264 e. The number of aromatic nitrogens is 4. The van der Waals surface area contributed by atoms with E-state index in [1.807, 2.05) is 31.2 Å². The van der Waals surface area contributed by atoms with Crippen LogP contribution in [0, 0.1) is 40.4 Å². The van der Waals surface area contributed by atoms with Crippen molar-refractivity contribution in [2.24, 2.45) is 40.4 Å². The molecular weight excluding hydrogens is 834 g/mol. The van der Waals surface area contributed by atoms with Gasteiger partial charge < -0.3 is 32.7 Å². The first-order valence-corrected chi connectivity index (χ1v) is 24.8. The zero-order valence-corrected chi connectivity index (χ0v) is 38.9. The van der Waals surface area contributed by atoms with Crippen LogP contribution < -0.4 is 27.2 Å². The van der Waals surface area contributed by atoms with Gasteiger partial charge >= 0.3 is 0 Å². The maximum Gasteiger partial charge on any atom is 0.264 e. The summed E-state index contributed by atoms with van der Waals surface area (Å²) < 4.78 is 26.0. The highest BCUT2D eigenvalue weighted by molar-refractivity contribution is 7.92. The van der Waals surface area contributed by atoms with Crippen molar-refractivity contribution in [3.63, 3.8) is 0 Å². The van der Waals surface area contributed by atoms with Gasteiger partial charge in [-0.2, -0.15) is 4.98 Å². The number of aliphatic hydroxyl groups excluding tert-OH is 1. The highest BCUT2D eigenvalue weighted by Crippen LogP contribution is 2.68. The first-order valence-electron chi connectivity index (χ1n) is 22.9. The van der Waals surface area contributed by atoms with Crippen molar-refractivity contribution in [2.45, 2.75) is 134 Å². The lowest BCUT2D eigenvalue weighted by Crippen LogP contribution is -2.60. The maximum absolute atomic E-state index is 11.9. The largest absolute Gasteiger partial charge is 0.399 e. The number of benzene rings is 2. The SMILES string of the molecule is CCc1nc(N)nc(N)c1-c1ccc(Cl)cc1.C[C@](O)(C1CCCCN1)C1CCC2C3CC[C@H]4C[C@@H](O)CC[C@]4(C)C3CC[C@@]21C.Nc1ccc(S(=O)(=O)Nc2ncccn2)cc1. The second-order valence-corrected chi connectivity index (χ2v) is 21.5. The van der Waals surface area contributed by atoms with Crippen LogP contribution in [0.1, 0.15) is 110 Å². The number of sulfonamides is 1. The molecule has 0 spiro atoms. The van der Waals surface area contributed by atoms with Crippen LogP contribution in [0.4, 0.5) is 23.4 Å². The Hall–Kier alpha value is -4.08. The number of halogens is 1. The number of fused-ring (bicyclic) bond motifs is 5. The van der Waals surface area contributed by atoms with Crippen molar-refractivity contribution in [3.05, 3.63) is 77.7 Å². The number of hydrogen-bond donors (Lipinski definition) is 7. The van der Waals surface area contributed by atoms with E-state index in [0.717, 1.165) is 72.7 Å². The van der Waals surface area contributed by atoms with E-state index in [1.165, 1.54) is 94.4 Å². The third-order valence-electron chi connectivity index (χ3n) is 15.8. The fourth-order valence-corrected chi connectivity index (χ4v) is 13.8. The van der Waals surface area contributed by atoms with Crippen LogP contribution >= 0.6 is 11.6 Å². The van der Waals surface area contributed by atoms with Gasteiger partial charge in [-0.3, -0.25) is 0 Å². The normalized spacial score (nSPS) is 31.0. The summed E-state index contributed by atoms with van der Waals surface area (Å²) in [5.41, 5.74) is 20.3. The van der Waals surface area contributed by atoms with Crippen molar-refractivity contribution in [1.29, 1.82) is 0 Å². The molecule has 342 valence electrons. The lowest BCUT2D eigenvalue weighted by molar-refractivity contribution is -0.149. The van der Waals surface area contributed by atoms with Crippen LogP contribution in [-0.4, -0.2) is 62.9 Å². The second kappa shape index (κ2) is 19.2. The molecule has 1 aliphatic heterocycles. The van der Waals surface area contributed by atoms with Gasteiger partial charge in [0.15, 0.2) is 0 Å². The highest BCUT2D eigenvalue weighted by Gasteiger charge is 2.63. The number of hydrogen-bond acceptors (Lipinski definition) is 12. The summed E-state index contributed by atoms with van der Waals surface area (Å²) in [5, 5.41) is 26.4. The molecule has 1 saturated heterocycles. The topological polar surface area (TPSA) is 228 Å². The monoisotopic (exact) mass is 901 g/mol. The number of nitrogens with zero attached hydrogens (tertiary/aromatic N) is 4. The predicted octanol–water partition coefficient (Wildman–Crippen LogP) is 8.28. The summed E-state index contributed by atoms with van der Waals surface area (Å²) in [5.74, 6) is 4.32. The van der Waals surface area contributed by atoms with E-state index in [4.69, 9.17) is 28.8 Å². The fourth-order valence-electron chi connectivity index (χ4n) is 12.7. The molecule has 3 heterocycles. The molecule has 9 rings (SSSR count). The molecule has 5 aliphatic rings. The van der Waals surface area contributed by atoms with E-state index in [1.54, 1.807) is 6.07 Å². The van der Waals surface area contributed by atoms with E-state index in [2.05, 4.69) is 50.7 Å². The molecule has 63 heavy (non-hydrogen) atoms. The van der Waals surface area contributed by atoms with Crippen LogP contribution in [-0.2, 0) is 16.4 Å². The lowest BCUT2D eigenvalue weighted by atomic mass is 9.44. The molecule has 4 saturated carbocycles. The van der Waals surface area contributed by atoms with E-state index < -0.39 is 15.6 Å². The van der Waals surface area contributed by atoms with Gasteiger partial charge in [-0.25, -0.2) is 28.1 Å². The van der Waals surface area contributed by atoms with Crippen molar-refractivity contribution in [2.75, 3.05) is 28.5 Å². The van der Waals surface area contributed by atoms with E-state index in [0.29, 0.717) is 33.3 Å². The first-order chi connectivity index (χ1) is 30.0. The molecule has 4 aromatic rings. The molecule has 4 aliphatic carbocycles. The van der Waals surface area contributed by atoms with Gasteiger partial charge in [0.25, 0.3) is 10.0 Å². The van der Waals surface area contributed by atoms with E-state index >= 15 is 0 Å². The molecule has 0 amide bonds. The summed E-state index contributed by atoms with van der Waals surface area (Å²) in [6, 6.07) is 15.2. The molecule has 2 aromatic heterocycles. The molecule has 13 nitrogen and oxygen atoms in total. The average Bonchev–Trinajstić information content (AvgIpc) is 3.63. The van der Waals surface area contributed by atoms with Gasteiger partial charge in [0, 0.05) is 34.7 Å². The Morgan fingerprint density at radius 3 is 2.22 bits per heavy atom. The van der Waals surface area contributed by atoms with Crippen LogP contribution in [0.15, 0.2) is 71.9 Å². The van der Waals surface area contributed by atoms with Crippen LogP contribution in [0.3, 0.4) is 0 Å². The van der Waals surface area contributed by atoms with Gasteiger partial charge in [0.1, 0.15) is 5.82 Å². The number of rotatable bonds is 7. The molecule has 2 aromatic carbocycles. The Morgan fingerprint density at radius 2 is 1.56 bits per heavy atom. The van der Waals surface area contributed by atoms with Crippen LogP contribution in [0.25, 0.3) is 11.1 Å². The second-order valence-electron chi connectivity index (χ2n) is 19.4. The minimum atomic E-state index is -3.66. The van der Waals surface area contributed by atoms with Crippen molar-refractivity contribution >= 4 is 45.0 Å². The lowest BCUT2D eigenvalue weighted by Gasteiger charge is -2.61. The molecule has 10 N–H and O–H groups in total.